The molecule has 3 rings (SSSR count). The number of amides is 1. The first-order valence-electron chi connectivity index (χ1n) is 6.99. The predicted molar refractivity (Wildman–Crippen MR) is 80.7 cm³/mol. The first-order chi connectivity index (χ1) is 10.0. The number of fused-ring (bicyclic) bond motifs is 1. The third-order valence-corrected chi connectivity index (χ3v) is 5.25. The van der Waals surface area contributed by atoms with E-state index in [1.165, 1.54) is 11.3 Å². The van der Waals surface area contributed by atoms with Gasteiger partial charge in [-0.15, -0.1) is 11.3 Å². The van der Waals surface area contributed by atoms with Crippen LogP contribution in [-0.2, 0) is 11.8 Å². The summed E-state index contributed by atoms with van der Waals surface area (Å²) in [5, 5.41) is 18.0. The molecule has 1 aliphatic heterocycles. The molecule has 2 N–H and O–H groups in total. The summed E-state index contributed by atoms with van der Waals surface area (Å²) in [6.07, 6.45) is 1.28. The number of aromatic nitrogens is 2. The standard InChI is InChI=1S/C14H19N3O3S/c1-9-10-7-11(21-13(10)17(2)16-9)12(19)15-14(8-18)3-5-20-6-4-14/h7,18H,3-6,8H2,1-2H3,(H,15,19). The van der Waals surface area contributed by atoms with Crippen LogP contribution in [0.5, 0.6) is 0 Å². The number of ether oxygens (including phenoxy) is 1. The van der Waals surface area contributed by atoms with Gasteiger partial charge in [-0.05, 0) is 25.8 Å². The number of nitrogens with one attached hydrogen (secondary N) is 1. The monoisotopic (exact) mass is 309 g/mol. The van der Waals surface area contributed by atoms with E-state index >= 15 is 0 Å². The minimum atomic E-state index is -0.557. The maximum absolute atomic E-state index is 12.5. The molecule has 2 aromatic heterocycles. The lowest BCUT2D eigenvalue weighted by Gasteiger charge is -2.36. The van der Waals surface area contributed by atoms with Crippen molar-refractivity contribution in [1.29, 1.82) is 0 Å². The first kappa shape index (κ1) is 14.5. The minimum absolute atomic E-state index is 0.0619. The zero-order valence-electron chi connectivity index (χ0n) is 12.2. The lowest BCUT2D eigenvalue weighted by molar-refractivity contribution is 0.0126. The van der Waals surface area contributed by atoms with Crippen molar-refractivity contribution in [3.8, 4) is 0 Å². The lowest BCUT2D eigenvalue weighted by Crippen LogP contribution is -2.54. The SMILES string of the molecule is Cc1nn(C)c2sc(C(=O)NC3(CO)CCOCC3)cc12. The van der Waals surface area contributed by atoms with E-state index in [1.54, 1.807) is 4.68 Å². The Morgan fingerprint density at radius 1 is 1.57 bits per heavy atom. The Hall–Kier alpha value is -1.44. The number of thiophene rings is 1. The summed E-state index contributed by atoms with van der Waals surface area (Å²) in [5.74, 6) is -0.133. The molecule has 0 bridgehead atoms. The van der Waals surface area contributed by atoms with Crippen molar-refractivity contribution in [2.24, 2.45) is 7.05 Å². The molecule has 0 unspecified atom stereocenters. The second kappa shape index (κ2) is 5.40. The number of aliphatic hydroxyl groups excluding tert-OH is 1. The highest BCUT2D eigenvalue weighted by atomic mass is 32.1. The Balaban J connectivity index is 1.84. The largest absolute Gasteiger partial charge is 0.394 e. The van der Waals surface area contributed by atoms with Gasteiger partial charge >= 0.3 is 0 Å². The van der Waals surface area contributed by atoms with Crippen LogP contribution in [0.4, 0.5) is 0 Å². The van der Waals surface area contributed by atoms with E-state index in [0.29, 0.717) is 30.9 Å². The van der Waals surface area contributed by atoms with Crippen LogP contribution in [0.25, 0.3) is 10.2 Å². The van der Waals surface area contributed by atoms with Crippen LogP contribution in [0.15, 0.2) is 6.07 Å². The molecular formula is C14H19N3O3S. The van der Waals surface area contributed by atoms with Crippen molar-refractivity contribution >= 4 is 27.5 Å². The fourth-order valence-electron chi connectivity index (χ4n) is 2.70. The van der Waals surface area contributed by atoms with Crippen LogP contribution in [0.3, 0.4) is 0 Å². The average molecular weight is 309 g/mol. The minimum Gasteiger partial charge on any atom is -0.394 e. The van der Waals surface area contributed by atoms with Crippen molar-refractivity contribution in [3.63, 3.8) is 0 Å². The summed E-state index contributed by atoms with van der Waals surface area (Å²) in [6.45, 7) is 3.00. The Kier molecular flexibility index (Phi) is 3.73. The third-order valence-electron chi connectivity index (χ3n) is 4.05. The van der Waals surface area contributed by atoms with Gasteiger partial charge in [0.05, 0.1) is 22.7 Å². The van der Waals surface area contributed by atoms with Crippen LogP contribution in [0.1, 0.15) is 28.2 Å². The Morgan fingerprint density at radius 3 is 2.90 bits per heavy atom. The second-order valence-corrected chi connectivity index (χ2v) is 6.57. The molecule has 7 heteroatoms. The smallest absolute Gasteiger partial charge is 0.261 e. The van der Waals surface area contributed by atoms with Gasteiger partial charge < -0.3 is 15.2 Å². The fourth-order valence-corrected chi connectivity index (χ4v) is 3.72. The van der Waals surface area contributed by atoms with Crippen molar-refractivity contribution in [1.82, 2.24) is 15.1 Å². The van der Waals surface area contributed by atoms with E-state index in [0.717, 1.165) is 15.9 Å². The Morgan fingerprint density at radius 2 is 2.29 bits per heavy atom. The molecule has 2 aromatic rings. The predicted octanol–water partition coefficient (Wildman–Crippen LogP) is 1.21. The molecule has 0 radical (unpaired) electrons. The number of carbonyl (C=O) groups excluding carboxylic acids is 1. The normalized spacial score (nSPS) is 18.0. The van der Waals surface area contributed by atoms with E-state index < -0.39 is 5.54 Å². The summed E-state index contributed by atoms with van der Waals surface area (Å²) in [7, 11) is 1.88. The molecular weight excluding hydrogens is 290 g/mol. The molecule has 21 heavy (non-hydrogen) atoms. The lowest BCUT2D eigenvalue weighted by atomic mass is 9.91. The second-order valence-electron chi connectivity index (χ2n) is 5.54. The fraction of sp³-hybridized carbons (Fsp3) is 0.571. The average Bonchev–Trinajstić information content (AvgIpc) is 3.03. The number of hydrogen-bond donors (Lipinski definition) is 2. The van der Waals surface area contributed by atoms with Gasteiger partial charge in [0.1, 0.15) is 4.83 Å². The van der Waals surface area contributed by atoms with Crippen LogP contribution in [0.2, 0.25) is 0 Å². The zero-order chi connectivity index (χ0) is 15.0. The number of aryl methyl sites for hydroxylation is 2. The summed E-state index contributed by atoms with van der Waals surface area (Å²) in [4.78, 5) is 14.1. The van der Waals surface area contributed by atoms with Crippen LogP contribution in [0, 0.1) is 6.92 Å². The van der Waals surface area contributed by atoms with Crippen molar-refractivity contribution < 1.29 is 14.6 Å². The Bertz CT molecular complexity index is 636. The van der Waals surface area contributed by atoms with E-state index in [9.17, 15) is 9.90 Å². The van der Waals surface area contributed by atoms with E-state index in [4.69, 9.17) is 4.74 Å². The molecule has 0 saturated carbocycles. The van der Waals surface area contributed by atoms with Crippen LogP contribution < -0.4 is 5.32 Å². The third kappa shape index (κ3) is 2.56. The number of carbonyl (C=O) groups is 1. The highest BCUT2D eigenvalue weighted by Gasteiger charge is 2.34. The summed E-state index contributed by atoms with van der Waals surface area (Å²) in [6, 6.07) is 1.88. The highest BCUT2D eigenvalue weighted by Crippen LogP contribution is 2.28. The molecule has 0 aliphatic carbocycles. The molecule has 1 saturated heterocycles. The van der Waals surface area contributed by atoms with Gasteiger partial charge in [0.2, 0.25) is 0 Å². The molecule has 1 aliphatic rings. The van der Waals surface area contributed by atoms with Crippen molar-refractivity contribution in [2.75, 3.05) is 19.8 Å². The van der Waals surface area contributed by atoms with Crippen LogP contribution in [-0.4, -0.2) is 46.2 Å². The van der Waals surface area contributed by atoms with Gasteiger partial charge in [-0.1, -0.05) is 0 Å². The summed E-state index contributed by atoms with van der Waals surface area (Å²) >= 11 is 1.43. The molecule has 0 atom stereocenters. The number of aliphatic hydroxyl groups is 1. The number of hydrogen-bond acceptors (Lipinski definition) is 5. The topological polar surface area (TPSA) is 76.4 Å². The van der Waals surface area contributed by atoms with Gasteiger partial charge in [-0.3, -0.25) is 9.48 Å². The Labute approximate surface area is 126 Å². The maximum atomic E-state index is 12.5. The van der Waals surface area contributed by atoms with Gasteiger partial charge in [0, 0.05) is 25.6 Å². The van der Waals surface area contributed by atoms with E-state index in [1.807, 2.05) is 20.0 Å². The summed E-state index contributed by atoms with van der Waals surface area (Å²) in [5.41, 5.74) is 0.365. The van der Waals surface area contributed by atoms with E-state index in [-0.39, 0.29) is 12.5 Å². The van der Waals surface area contributed by atoms with Gasteiger partial charge in [-0.2, -0.15) is 5.10 Å². The van der Waals surface area contributed by atoms with Crippen molar-refractivity contribution in [3.05, 3.63) is 16.6 Å². The van der Waals surface area contributed by atoms with Gasteiger partial charge in [0.25, 0.3) is 5.91 Å². The maximum Gasteiger partial charge on any atom is 0.261 e. The van der Waals surface area contributed by atoms with Gasteiger partial charge in [0.15, 0.2) is 0 Å². The molecule has 114 valence electrons. The van der Waals surface area contributed by atoms with Gasteiger partial charge in [-0.25, -0.2) is 0 Å². The molecule has 1 fully saturated rings. The first-order valence-corrected chi connectivity index (χ1v) is 7.80. The molecule has 0 spiro atoms. The van der Waals surface area contributed by atoms with E-state index in [2.05, 4.69) is 10.4 Å². The number of nitrogens with zero attached hydrogens (tertiary/aromatic N) is 2. The zero-order valence-corrected chi connectivity index (χ0v) is 13.0. The molecule has 3 heterocycles. The highest BCUT2D eigenvalue weighted by molar-refractivity contribution is 7.20. The quantitative estimate of drug-likeness (QED) is 0.893. The van der Waals surface area contributed by atoms with Crippen LogP contribution >= 0.6 is 11.3 Å². The molecule has 1 amide bonds. The molecule has 0 aromatic carbocycles. The summed E-state index contributed by atoms with van der Waals surface area (Å²) < 4.78 is 7.10. The number of rotatable bonds is 3. The van der Waals surface area contributed by atoms with Crippen molar-refractivity contribution in [2.45, 2.75) is 25.3 Å². The molecule has 6 nitrogen and oxygen atoms in total.